The van der Waals surface area contributed by atoms with E-state index in [2.05, 4.69) is 71.3 Å². The zero-order valence-electron chi connectivity index (χ0n) is 37.8. The third-order valence-electron chi connectivity index (χ3n) is 11.0. The second-order valence-electron chi connectivity index (χ2n) is 13.3. The van der Waals surface area contributed by atoms with Crippen molar-refractivity contribution in [1.29, 1.82) is 0 Å². The molecule has 4 aromatic carbocycles. The van der Waals surface area contributed by atoms with Gasteiger partial charge in [-0.1, -0.05) is 34.7 Å². The third kappa shape index (κ3) is 8.79. The van der Waals surface area contributed by atoms with Crippen LogP contribution < -0.4 is 33.2 Å². The lowest BCUT2D eigenvalue weighted by atomic mass is 9.83. The second kappa shape index (κ2) is 20.2. The summed E-state index contributed by atoms with van der Waals surface area (Å²) in [7, 11) is 7.31. The Hall–Kier alpha value is -2.61. The number of aromatic hydroxyl groups is 1. The van der Waals surface area contributed by atoms with Gasteiger partial charge in [-0.2, -0.15) is 0 Å². The van der Waals surface area contributed by atoms with Crippen molar-refractivity contribution in [2.75, 3.05) is 67.6 Å². The highest BCUT2D eigenvalue weighted by Crippen LogP contribution is 2.47. The van der Waals surface area contributed by atoms with E-state index < -0.39 is 11.9 Å². The quantitative estimate of drug-likeness (QED) is 0.143. The molecule has 1 N–H and O–H groups in total. The molecule has 0 bridgehead atoms. The van der Waals surface area contributed by atoms with Crippen LogP contribution in [0.5, 0.6) is 46.0 Å². The molecule has 4 aliphatic heterocycles. The number of nitrogens with zero attached hydrogens (tertiary/aromatic N) is 2. The summed E-state index contributed by atoms with van der Waals surface area (Å²) in [6.45, 7) is 3.34. The molecule has 4 heterocycles. The minimum atomic E-state index is -2.52. The molecule has 8 rings (SSSR count). The van der Waals surface area contributed by atoms with Crippen LogP contribution in [-0.4, -0.2) is 82.6 Å². The molecule has 4 aromatic rings. The molecule has 0 aromatic heterocycles. The van der Waals surface area contributed by atoms with Crippen LogP contribution in [-0.2, 0) is 38.8 Å². The summed E-state index contributed by atoms with van der Waals surface area (Å²) in [6.07, 6.45) is 3.59. The second-order valence-corrected chi connectivity index (χ2v) is 13.3. The number of hydrogen-bond acceptors (Lipinski definition) is 10. The molecule has 0 radical (unpaired) electrons. The first-order valence-corrected chi connectivity index (χ1v) is 24.9. The summed E-state index contributed by atoms with van der Waals surface area (Å²) in [5.74, 6) is 4.64. The van der Waals surface area contributed by atoms with Crippen LogP contribution >= 0.6 is 59.8 Å². The van der Waals surface area contributed by atoms with E-state index >= 15 is 0 Å². The lowest BCUT2D eigenvalue weighted by molar-refractivity contribution is 0.157. The molecular formula is C42H51I3N2O8. The summed E-state index contributed by atoms with van der Waals surface area (Å²) < 4.78 is 79.1. The first-order chi connectivity index (χ1) is 29.0. The average Bonchev–Trinajstić information content (AvgIpc) is 3.23. The maximum Gasteiger partial charge on any atom is 0.165 e. The van der Waals surface area contributed by atoms with E-state index in [1.165, 1.54) is 50.4 Å². The van der Waals surface area contributed by atoms with Crippen molar-refractivity contribution in [1.82, 2.24) is 9.80 Å². The van der Waals surface area contributed by atoms with Gasteiger partial charge in [-0.05, 0) is 100 Å². The Bertz CT molecular complexity index is 2150. The number of halogens is 3. The molecule has 0 unspecified atom stereocenters. The molecule has 0 fully saturated rings. The fourth-order valence-corrected chi connectivity index (χ4v) is 8.40. The predicted molar refractivity (Wildman–Crippen MR) is 242 cm³/mol. The van der Waals surface area contributed by atoms with Crippen LogP contribution in [0.4, 0.5) is 0 Å². The van der Waals surface area contributed by atoms with Gasteiger partial charge in [0.25, 0.3) is 0 Å². The van der Waals surface area contributed by atoms with Crippen LogP contribution in [0.1, 0.15) is 64.8 Å². The molecule has 55 heavy (non-hydrogen) atoms. The Kier molecular flexibility index (Phi) is 13.0. The van der Waals surface area contributed by atoms with Crippen LogP contribution in [0.15, 0.2) is 48.5 Å². The largest absolute Gasteiger partial charge is 0.504 e. The number of alkyl halides is 1. The molecule has 2 atom stereocenters. The Morgan fingerprint density at radius 2 is 1.02 bits per heavy atom. The van der Waals surface area contributed by atoms with Gasteiger partial charge in [0.1, 0.15) is 0 Å². The topological polar surface area (TPSA) is 91.3 Å². The number of methoxy groups -OCH3 is 7. The summed E-state index contributed by atoms with van der Waals surface area (Å²) in [6, 6.07) is 16.3. The van der Waals surface area contributed by atoms with Gasteiger partial charge in [-0.3, -0.25) is 9.80 Å². The normalized spacial score (nSPS) is 19.5. The molecule has 4 aliphatic rings. The summed E-state index contributed by atoms with van der Waals surface area (Å²) >= 11 is 5.62. The van der Waals surface area contributed by atoms with Gasteiger partial charge in [-0.15, -0.1) is 0 Å². The molecule has 0 saturated carbocycles. The van der Waals surface area contributed by atoms with Crippen molar-refractivity contribution < 1.29 is 46.5 Å². The Balaban J connectivity index is 0.000000202. The standard InChI is InChI=1S/C21H25NO4.C20H23NO4.CH3I.I2/c1-23-18-6-5-13-9-17-15-11-20(25-3)19(24-2)10-14(15)7-8-22(17)12-16(13)21(18)26-4;1-23-18-9-13-6-7-21-11-15-12(4-5-17(22)20(15)25-3)8-16(21)14(13)10-19(18)24-2;2*1-2/h5-6,10-11,17H,7-9,12H2,1-4H3;4-5,9-10,16,22H,6-8,11H2,1-3H3;1H3;/t17-;16-;;/m00../s1/i1D3;;1D3;. The van der Waals surface area contributed by atoms with Gasteiger partial charge in [0.15, 0.2) is 46.0 Å². The summed E-state index contributed by atoms with van der Waals surface area (Å²) in [5, 5.41) is 10.1. The van der Waals surface area contributed by atoms with Crippen molar-refractivity contribution in [2.24, 2.45) is 0 Å². The van der Waals surface area contributed by atoms with Gasteiger partial charge in [-0.25, -0.2) is 0 Å². The van der Waals surface area contributed by atoms with E-state index in [-0.39, 0.29) is 17.5 Å². The maximum atomic E-state index is 10.1. The monoisotopic (exact) mass is 1100 g/mol. The summed E-state index contributed by atoms with van der Waals surface area (Å²) in [5.41, 5.74) is 9.64. The van der Waals surface area contributed by atoms with E-state index in [0.29, 0.717) is 24.1 Å². The highest BCUT2D eigenvalue weighted by Gasteiger charge is 2.36. The first-order valence-electron chi connectivity index (χ1n) is 20.6. The molecular weight excluding hydrogens is 1040 g/mol. The van der Waals surface area contributed by atoms with Crippen LogP contribution in [0.3, 0.4) is 0 Å². The van der Waals surface area contributed by atoms with E-state index in [1.807, 2.05) is 12.1 Å². The van der Waals surface area contributed by atoms with Crippen LogP contribution in [0, 0.1) is 0 Å². The molecule has 0 amide bonds. The number of benzene rings is 4. The molecule has 0 spiro atoms. The van der Waals surface area contributed by atoms with Crippen molar-refractivity contribution in [3.8, 4) is 46.0 Å². The number of rotatable bonds is 7. The predicted octanol–water partition coefficient (Wildman–Crippen LogP) is 9.27. The smallest absolute Gasteiger partial charge is 0.165 e. The molecule has 0 saturated heterocycles. The number of phenols is 1. The van der Waals surface area contributed by atoms with Gasteiger partial charge in [0.2, 0.25) is 0 Å². The zero-order chi connectivity index (χ0) is 44.8. The first kappa shape index (κ1) is 35.5. The molecule has 10 nitrogen and oxygen atoms in total. The van der Waals surface area contributed by atoms with Crippen molar-refractivity contribution in [2.45, 2.75) is 50.9 Å². The fourth-order valence-electron chi connectivity index (χ4n) is 8.40. The number of ether oxygens (including phenoxy) is 7. The van der Waals surface area contributed by atoms with E-state index in [1.54, 1.807) is 54.8 Å². The number of phenolic OH excluding ortho intramolecular Hbond substituents is 1. The van der Waals surface area contributed by atoms with Crippen LogP contribution in [0.2, 0.25) is 0 Å². The van der Waals surface area contributed by atoms with Gasteiger partial charge in [0.05, 0.1) is 53.8 Å². The van der Waals surface area contributed by atoms with Crippen molar-refractivity contribution in [3.05, 3.63) is 93.0 Å². The average molecular weight is 1100 g/mol. The highest BCUT2D eigenvalue weighted by atomic mass is 128. The van der Waals surface area contributed by atoms with Gasteiger partial charge in [0, 0.05) is 90.7 Å². The molecule has 0 aliphatic carbocycles. The number of fused-ring (bicyclic) bond motifs is 8. The zero-order valence-corrected chi connectivity index (χ0v) is 38.2. The van der Waals surface area contributed by atoms with E-state index in [9.17, 15) is 5.11 Å². The number of hydrogen-bond donors (Lipinski definition) is 1. The minimum Gasteiger partial charge on any atom is -0.504 e. The van der Waals surface area contributed by atoms with Crippen molar-refractivity contribution in [3.63, 3.8) is 0 Å². The highest BCUT2D eigenvalue weighted by molar-refractivity contribution is 15.0. The molecule has 298 valence electrons. The van der Waals surface area contributed by atoms with Crippen molar-refractivity contribution >= 4 is 59.8 Å². The Morgan fingerprint density at radius 1 is 0.582 bits per heavy atom. The van der Waals surface area contributed by atoms with Crippen LogP contribution in [0.25, 0.3) is 0 Å². The minimum absolute atomic E-state index is 0.212. The van der Waals surface area contributed by atoms with Gasteiger partial charge >= 0.3 is 0 Å². The maximum absolute atomic E-state index is 10.1. The lowest BCUT2D eigenvalue weighted by Gasteiger charge is -2.42. The van der Waals surface area contributed by atoms with E-state index in [4.69, 9.17) is 41.4 Å². The Labute approximate surface area is 371 Å². The third-order valence-corrected chi connectivity index (χ3v) is 11.0. The Morgan fingerprint density at radius 3 is 1.45 bits per heavy atom. The SMILES string of the molecule is COc1cc2c(cc1OC)[C@@H]1Cc3ccc(O)c(OC)c3CN1CC2.II.[2H]C([2H])([2H])I.[2H]C([2H])([2H])Oc1ccc2c(c1OC)CN1CCc3cc(OC)c(OC)cc3[C@@H]1C2. The molecule has 13 heteroatoms. The van der Waals surface area contributed by atoms with Gasteiger partial charge < -0.3 is 38.3 Å². The lowest BCUT2D eigenvalue weighted by Crippen LogP contribution is -2.39. The summed E-state index contributed by atoms with van der Waals surface area (Å²) in [4.78, 5) is 3.08. The fraction of sp³-hybridized carbons (Fsp3) is 0.429. The van der Waals surface area contributed by atoms with E-state index in [0.717, 1.165) is 85.0 Å².